The Morgan fingerprint density at radius 1 is 1.38 bits per heavy atom. The number of anilines is 2. The zero-order chi connectivity index (χ0) is 15.5. The van der Waals surface area contributed by atoms with E-state index in [1.54, 1.807) is 0 Å². The Kier molecular flexibility index (Phi) is 4.81. The molecule has 1 aliphatic heterocycles. The van der Waals surface area contributed by atoms with Crippen molar-refractivity contribution in [1.29, 1.82) is 0 Å². The molecule has 0 radical (unpaired) electrons. The van der Waals surface area contributed by atoms with E-state index in [0.717, 1.165) is 13.0 Å². The Labute approximate surface area is 124 Å². The van der Waals surface area contributed by atoms with Crippen LogP contribution in [0.3, 0.4) is 0 Å². The molecule has 1 aromatic heterocycles. The van der Waals surface area contributed by atoms with Crippen LogP contribution in [0.5, 0.6) is 6.01 Å². The third-order valence-corrected chi connectivity index (χ3v) is 5.04. The maximum atomic E-state index is 11.7. The van der Waals surface area contributed by atoms with Gasteiger partial charge in [-0.05, 0) is 13.3 Å². The largest absolute Gasteiger partial charge is 0.467 e. The number of aromatic nitrogens is 3. The van der Waals surface area contributed by atoms with Gasteiger partial charge < -0.3 is 15.0 Å². The molecule has 0 bridgehead atoms. The monoisotopic (exact) mass is 315 g/mol. The molecule has 1 unspecified atom stereocenters. The Morgan fingerprint density at radius 2 is 2.14 bits per heavy atom. The zero-order valence-electron chi connectivity index (χ0n) is 12.5. The molecule has 8 nitrogen and oxygen atoms in total. The number of ether oxygens (including phenoxy) is 1. The molecule has 1 N–H and O–H groups in total. The molecule has 0 aliphatic carbocycles. The van der Waals surface area contributed by atoms with Crippen molar-refractivity contribution in [2.45, 2.75) is 26.3 Å². The third kappa shape index (κ3) is 3.93. The molecule has 1 aromatic rings. The lowest BCUT2D eigenvalue weighted by Crippen LogP contribution is -2.47. The topological polar surface area (TPSA) is 97.3 Å². The van der Waals surface area contributed by atoms with Gasteiger partial charge in [0.1, 0.15) is 0 Å². The lowest BCUT2D eigenvalue weighted by molar-refractivity contribution is 0.378. The maximum Gasteiger partial charge on any atom is 0.322 e. The van der Waals surface area contributed by atoms with Crippen LogP contribution in [0.4, 0.5) is 11.9 Å². The summed E-state index contributed by atoms with van der Waals surface area (Å²) in [5, 5.41) is 3.09. The van der Waals surface area contributed by atoms with Crippen LogP contribution in [-0.4, -0.2) is 61.1 Å². The van der Waals surface area contributed by atoms with Crippen LogP contribution in [0, 0.1) is 0 Å². The van der Waals surface area contributed by atoms with E-state index in [9.17, 15) is 8.42 Å². The number of nitrogens with zero attached hydrogens (tertiary/aromatic N) is 4. The van der Waals surface area contributed by atoms with Gasteiger partial charge in [0.05, 0.1) is 18.6 Å². The highest BCUT2D eigenvalue weighted by molar-refractivity contribution is 7.91. The first-order valence-electron chi connectivity index (χ1n) is 6.96. The second-order valence-electron chi connectivity index (χ2n) is 5.03. The Hall–Kier alpha value is -1.64. The number of hydrogen-bond acceptors (Lipinski definition) is 8. The third-order valence-electron chi connectivity index (χ3n) is 3.25. The van der Waals surface area contributed by atoms with Gasteiger partial charge in [-0.1, -0.05) is 6.92 Å². The first kappa shape index (κ1) is 15.7. The van der Waals surface area contributed by atoms with Crippen molar-refractivity contribution < 1.29 is 13.2 Å². The molecular weight excluding hydrogens is 294 g/mol. The quantitative estimate of drug-likeness (QED) is 0.830. The summed E-state index contributed by atoms with van der Waals surface area (Å²) in [6, 6.07) is 0.0501. The van der Waals surface area contributed by atoms with E-state index < -0.39 is 9.84 Å². The molecule has 21 heavy (non-hydrogen) atoms. The van der Waals surface area contributed by atoms with Crippen LogP contribution in [0.25, 0.3) is 0 Å². The molecule has 2 heterocycles. The lowest BCUT2D eigenvalue weighted by Gasteiger charge is -2.33. The van der Waals surface area contributed by atoms with E-state index >= 15 is 0 Å². The minimum Gasteiger partial charge on any atom is -0.467 e. The molecule has 9 heteroatoms. The van der Waals surface area contributed by atoms with Gasteiger partial charge in [-0.2, -0.15) is 15.0 Å². The molecule has 118 valence electrons. The molecule has 2 rings (SSSR count). The average molecular weight is 315 g/mol. The summed E-state index contributed by atoms with van der Waals surface area (Å²) in [7, 11) is -1.48. The molecule has 1 saturated heterocycles. The standard InChI is InChI=1S/C12H21N5O3S/c1-4-5-13-10-14-11(16-12(15-10)20-3)17-6-7-21(18,19)8-9(17)2/h9H,4-8H2,1-3H3,(H,13,14,15,16). The van der Waals surface area contributed by atoms with E-state index in [-0.39, 0.29) is 23.6 Å². The normalized spacial score (nSPS) is 21.1. The van der Waals surface area contributed by atoms with E-state index in [1.807, 2.05) is 18.7 Å². The molecular formula is C12H21N5O3S. The maximum absolute atomic E-state index is 11.7. The van der Waals surface area contributed by atoms with Crippen molar-refractivity contribution >= 4 is 21.7 Å². The van der Waals surface area contributed by atoms with Gasteiger partial charge in [0, 0.05) is 19.1 Å². The zero-order valence-corrected chi connectivity index (χ0v) is 13.4. The van der Waals surface area contributed by atoms with Crippen LogP contribution in [-0.2, 0) is 9.84 Å². The molecule has 1 fully saturated rings. The van der Waals surface area contributed by atoms with Crippen molar-refractivity contribution in [3.8, 4) is 6.01 Å². The Balaban J connectivity index is 2.25. The summed E-state index contributed by atoms with van der Waals surface area (Å²) in [6.07, 6.45) is 0.946. The number of hydrogen-bond donors (Lipinski definition) is 1. The van der Waals surface area contributed by atoms with E-state index in [0.29, 0.717) is 18.4 Å². The first-order valence-corrected chi connectivity index (χ1v) is 8.78. The van der Waals surface area contributed by atoms with E-state index in [2.05, 4.69) is 20.3 Å². The molecule has 1 aliphatic rings. The van der Waals surface area contributed by atoms with E-state index in [1.165, 1.54) is 7.11 Å². The summed E-state index contributed by atoms with van der Waals surface area (Å²) < 4.78 is 28.4. The van der Waals surface area contributed by atoms with Gasteiger partial charge in [0.25, 0.3) is 0 Å². The second kappa shape index (κ2) is 6.42. The average Bonchev–Trinajstić information content (AvgIpc) is 2.43. The summed E-state index contributed by atoms with van der Waals surface area (Å²) in [4.78, 5) is 14.6. The van der Waals surface area contributed by atoms with Crippen molar-refractivity contribution in [3.05, 3.63) is 0 Å². The number of rotatable bonds is 5. The highest BCUT2D eigenvalue weighted by atomic mass is 32.2. The van der Waals surface area contributed by atoms with Gasteiger partial charge in [0.2, 0.25) is 11.9 Å². The predicted octanol–water partition coefficient (Wildman–Crippen LogP) is 0.325. The Bertz CT molecular complexity index is 593. The van der Waals surface area contributed by atoms with Gasteiger partial charge in [0.15, 0.2) is 9.84 Å². The lowest BCUT2D eigenvalue weighted by atomic mass is 10.3. The van der Waals surface area contributed by atoms with Crippen LogP contribution in [0.2, 0.25) is 0 Å². The van der Waals surface area contributed by atoms with Crippen LogP contribution >= 0.6 is 0 Å². The predicted molar refractivity (Wildman–Crippen MR) is 80.6 cm³/mol. The summed E-state index contributed by atoms with van der Waals surface area (Å²) in [5.74, 6) is 1.11. The smallest absolute Gasteiger partial charge is 0.322 e. The SMILES string of the molecule is CCCNc1nc(OC)nc(N2CCS(=O)(=O)CC2C)n1. The molecule has 0 saturated carbocycles. The summed E-state index contributed by atoms with van der Waals surface area (Å²) in [6.45, 7) is 5.02. The van der Waals surface area contributed by atoms with Crippen LogP contribution in [0.15, 0.2) is 0 Å². The molecule has 0 aromatic carbocycles. The van der Waals surface area contributed by atoms with E-state index in [4.69, 9.17) is 4.74 Å². The second-order valence-corrected chi connectivity index (χ2v) is 7.26. The van der Waals surface area contributed by atoms with Crippen LogP contribution < -0.4 is 15.0 Å². The summed E-state index contributed by atoms with van der Waals surface area (Å²) >= 11 is 0. The fraction of sp³-hybridized carbons (Fsp3) is 0.750. The van der Waals surface area contributed by atoms with Crippen molar-refractivity contribution in [3.63, 3.8) is 0 Å². The van der Waals surface area contributed by atoms with Gasteiger partial charge in [-0.25, -0.2) is 8.42 Å². The fourth-order valence-corrected chi connectivity index (χ4v) is 3.73. The fourth-order valence-electron chi connectivity index (χ4n) is 2.18. The highest BCUT2D eigenvalue weighted by Gasteiger charge is 2.30. The van der Waals surface area contributed by atoms with Crippen LogP contribution in [0.1, 0.15) is 20.3 Å². The van der Waals surface area contributed by atoms with Crippen molar-refractivity contribution in [2.24, 2.45) is 0 Å². The van der Waals surface area contributed by atoms with Crippen molar-refractivity contribution in [2.75, 3.05) is 41.9 Å². The Morgan fingerprint density at radius 3 is 2.76 bits per heavy atom. The summed E-state index contributed by atoms with van der Waals surface area (Å²) in [5.41, 5.74) is 0. The minimum absolute atomic E-state index is 0.110. The molecule has 0 spiro atoms. The molecule has 0 amide bonds. The number of methoxy groups -OCH3 is 1. The molecule has 1 atom stereocenters. The number of sulfone groups is 1. The minimum atomic E-state index is -2.97. The first-order chi connectivity index (χ1) is 9.95. The van der Waals surface area contributed by atoms with Gasteiger partial charge in [-0.15, -0.1) is 0 Å². The van der Waals surface area contributed by atoms with Crippen molar-refractivity contribution in [1.82, 2.24) is 15.0 Å². The van der Waals surface area contributed by atoms with Gasteiger partial charge in [-0.3, -0.25) is 0 Å². The van der Waals surface area contributed by atoms with Gasteiger partial charge >= 0.3 is 6.01 Å². The number of nitrogens with one attached hydrogen (secondary N) is 1. The highest BCUT2D eigenvalue weighted by Crippen LogP contribution is 2.20.